The highest BCUT2D eigenvalue weighted by Crippen LogP contribution is 2.30. The van der Waals surface area contributed by atoms with Crippen LogP contribution in [-0.4, -0.2) is 24.0 Å². The Morgan fingerprint density at radius 3 is 2.59 bits per heavy atom. The van der Waals surface area contributed by atoms with Crippen LogP contribution >= 0.6 is 22.7 Å². The zero-order chi connectivity index (χ0) is 23.9. The van der Waals surface area contributed by atoms with Crippen molar-refractivity contribution in [3.05, 3.63) is 87.4 Å². The van der Waals surface area contributed by atoms with E-state index in [0.29, 0.717) is 21.3 Å². The molecule has 4 aromatic rings. The monoisotopic (exact) mass is 487 g/mol. The van der Waals surface area contributed by atoms with E-state index >= 15 is 0 Å². The number of hydrogen-bond acceptors (Lipinski definition) is 8. The number of ether oxygens (including phenoxy) is 2. The van der Waals surface area contributed by atoms with E-state index in [1.807, 2.05) is 41.8 Å². The SMILES string of the molecule is COc1cc(C=C(C#N)C(=O)Nc2nc(-c3ccccc3)cs2)ccc1OC(=O)c1cccs1. The van der Waals surface area contributed by atoms with Gasteiger partial charge in [-0.1, -0.05) is 42.5 Å². The molecule has 0 aliphatic rings. The lowest BCUT2D eigenvalue weighted by Crippen LogP contribution is -2.13. The Bertz CT molecular complexity index is 1390. The number of carbonyl (C=O) groups is 2. The number of nitriles is 1. The zero-order valence-electron chi connectivity index (χ0n) is 17.8. The van der Waals surface area contributed by atoms with Gasteiger partial charge in [-0.05, 0) is 35.2 Å². The molecule has 0 bridgehead atoms. The smallest absolute Gasteiger partial charge is 0.353 e. The number of hydrogen-bond donors (Lipinski definition) is 1. The van der Waals surface area contributed by atoms with Crippen molar-refractivity contribution in [1.82, 2.24) is 4.98 Å². The van der Waals surface area contributed by atoms with Crippen LogP contribution in [0.25, 0.3) is 17.3 Å². The Kier molecular flexibility index (Phi) is 7.13. The van der Waals surface area contributed by atoms with E-state index in [2.05, 4.69) is 10.3 Å². The van der Waals surface area contributed by atoms with Crippen LogP contribution in [0.5, 0.6) is 11.5 Å². The first kappa shape index (κ1) is 22.9. The van der Waals surface area contributed by atoms with Gasteiger partial charge in [0.25, 0.3) is 5.91 Å². The molecule has 2 aromatic heterocycles. The van der Waals surface area contributed by atoms with Gasteiger partial charge in [-0.15, -0.1) is 22.7 Å². The first-order valence-corrected chi connectivity index (χ1v) is 11.7. The van der Waals surface area contributed by atoms with Crippen LogP contribution in [0.4, 0.5) is 5.13 Å². The number of nitrogens with zero attached hydrogens (tertiary/aromatic N) is 2. The number of anilines is 1. The molecule has 0 saturated carbocycles. The maximum Gasteiger partial charge on any atom is 0.353 e. The van der Waals surface area contributed by atoms with Gasteiger partial charge >= 0.3 is 5.97 Å². The van der Waals surface area contributed by atoms with E-state index < -0.39 is 11.9 Å². The number of amides is 1. The number of esters is 1. The normalized spacial score (nSPS) is 10.9. The molecule has 2 aromatic carbocycles. The van der Waals surface area contributed by atoms with E-state index in [4.69, 9.17) is 9.47 Å². The summed E-state index contributed by atoms with van der Waals surface area (Å²) in [5, 5.41) is 16.2. The van der Waals surface area contributed by atoms with Crippen LogP contribution < -0.4 is 14.8 Å². The minimum atomic E-state index is -0.580. The van der Waals surface area contributed by atoms with Crippen LogP contribution in [0.1, 0.15) is 15.2 Å². The summed E-state index contributed by atoms with van der Waals surface area (Å²) >= 11 is 2.54. The second-order valence-electron chi connectivity index (χ2n) is 6.80. The molecule has 0 saturated heterocycles. The highest BCUT2D eigenvalue weighted by molar-refractivity contribution is 7.14. The molecule has 0 fully saturated rings. The molecular weight excluding hydrogens is 470 g/mol. The van der Waals surface area contributed by atoms with Crippen molar-refractivity contribution in [3.63, 3.8) is 0 Å². The molecule has 34 heavy (non-hydrogen) atoms. The van der Waals surface area contributed by atoms with Gasteiger partial charge in [0.1, 0.15) is 16.5 Å². The standard InChI is InChI=1S/C25H17N3O4S2/c1-31-21-13-16(9-10-20(21)32-24(30)22-8-5-11-33-22)12-18(14-26)23(29)28-25-27-19(15-34-25)17-6-3-2-4-7-17/h2-13,15H,1H3,(H,27,28,29). The fourth-order valence-corrected chi connectivity index (χ4v) is 4.27. The van der Waals surface area contributed by atoms with E-state index in [9.17, 15) is 14.9 Å². The van der Waals surface area contributed by atoms with Crippen LogP contribution in [0.3, 0.4) is 0 Å². The molecule has 0 atom stereocenters. The minimum absolute atomic E-state index is 0.109. The number of nitrogens with one attached hydrogen (secondary N) is 1. The maximum absolute atomic E-state index is 12.7. The van der Waals surface area contributed by atoms with Crippen LogP contribution in [0.15, 0.2) is 77.0 Å². The lowest BCUT2D eigenvalue weighted by Gasteiger charge is -2.09. The van der Waals surface area contributed by atoms with Crippen molar-refractivity contribution in [2.24, 2.45) is 0 Å². The fraction of sp³-hybridized carbons (Fsp3) is 0.0400. The molecule has 1 N–H and O–H groups in total. The molecule has 0 radical (unpaired) electrons. The molecule has 0 aliphatic heterocycles. The van der Waals surface area contributed by atoms with Gasteiger partial charge in [-0.25, -0.2) is 9.78 Å². The van der Waals surface area contributed by atoms with Crippen molar-refractivity contribution in [2.45, 2.75) is 0 Å². The van der Waals surface area contributed by atoms with Gasteiger partial charge in [-0.3, -0.25) is 10.1 Å². The Balaban J connectivity index is 1.49. The van der Waals surface area contributed by atoms with Crippen molar-refractivity contribution >= 4 is 45.8 Å². The minimum Gasteiger partial charge on any atom is -0.493 e. The second kappa shape index (κ2) is 10.6. The zero-order valence-corrected chi connectivity index (χ0v) is 19.5. The third-order valence-electron chi connectivity index (χ3n) is 4.58. The van der Waals surface area contributed by atoms with Gasteiger partial charge in [-0.2, -0.15) is 5.26 Å². The van der Waals surface area contributed by atoms with E-state index in [0.717, 1.165) is 11.3 Å². The van der Waals surface area contributed by atoms with Crippen molar-refractivity contribution in [1.29, 1.82) is 5.26 Å². The highest BCUT2D eigenvalue weighted by Gasteiger charge is 2.16. The van der Waals surface area contributed by atoms with E-state index in [1.165, 1.54) is 35.9 Å². The third-order valence-corrected chi connectivity index (χ3v) is 6.19. The van der Waals surface area contributed by atoms with Gasteiger partial charge in [0.05, 0.1) is 12.8 Å². The van der Waals surface area contributed by atoms with Gasteiger partial charge in [0.2, 0.25) is 0 Å². The topological polar surface area (TPSA) is 101 Å². The number of benzene rings is 2. The number of methoxy groups -OCH3 is 1. The number of thiazole rings is 1. The van der Waals surface area contributed by atoms with Crippen LogP contribution in [0, 0.1) is 11.3 Å². The second-order valence-corrected chi connectivity index (χ2v) is 8.61. The molecule has 2 heterocycles. The third kappa shape index (κ3) is 5.38. The molecule has 9 heteroatoms. The lowest BCUT2D eigenvalue weighted by molar-refractivity contribution is -0.112. The highest BCUT2D eigenvalue weighted by atomic mass is 32.1. The average molecular weight is 488 g/mol. The summed E-state index contributed by atoms with van der Waals surface area (Å²) in [4.78, 5) is 29.8. The molecule has 168 valence electrons. The van der Waals surface area contributed by atoms with Crippen molar-refractivity contribution in [2.75, 3.05) is 12.4 Å². The summed E-state index contributed by atoms with van der Waals surface area (Å²) in [5.41, 5.74) is 2.09. The number of rotatable bonds is 7. The van der Waals surface area contributed by atoms with Crippen LogP contribution in [0.2, 0.25) is 0 Å². The summed E-state index contributed by atoms with van der Waals surface area (Å²) in [5.74, 6) is -0.545. The van der Waals surface area contributed by atoms with E-state index in [1.54, 1.807) is 35.7 Å². The lowest BCUT2D eigenvalue weighted by atomic mass is 10.1. The summed E-state index contributed by atoms with van der Waals surface area (Å²) in [6, 6.07) is 19.7. The van der Waals surface area contributed by atoms with Gasteiger partial charge in [0, 0.05) is 10.9 Å². The molecular formula is C25H17N3O4S2. The predicted octanol–water partition coefficient (Wildman–Crippen LogP) is 5.65. The molecule has 4 rings (SSSR count). The van der Waals surface area contributed by atoms with Crippen molar-refractivity contribution < 1.29 is 19.1 Å². The molecule has 0 aliphatic carbocycles. The number of carbonyl (C=O) groups excluding carboxylic acids is 2. The fourth-order valence-electron chi connectivity index (χ4n) is 2.96. The Morgan fingerprint density at radius 2 is 1.88 bits per heavy atom. The summed E-state index contributed by atoms with van der Waals surface area (Å²) in [7, 11) is 1.44. The molecule has 0 unspecified atom stereocenters. The van der Waals surface area contributed by atoms with Gasteiger partial charge < -0.3 is 9.47 Å². The average Bonchev–Trinajstić information content (AvgIpc) is 3.56. The first-order valence-electron chi connectivity index (χ1n) is 9.95. The molecule has 7 nitrogen and oxygen atoms in total. The molecule has 1 amide bonds. The number of aromatic nitrogens is 1. The summed E-state index contributed by atoms with van der Waals surface area (Å²) in [6.45, 7) is 0. The summed E-state index contributed by atoms with van der Waals surface area (Å²) in [6.07, 6.45) is 1.43. The summed E-state index contributed by atoms with van der Waals surface area (Å²) < 4.78 is 10.7. The quantitative estimate of drug-likeness (QED) is 0.157. The Labute approximate surface area is 203 Å². The largest absolute Gasteiger partial charge is 0.493 e. The van der Waals surface area contributed by atoms with Gasteiger partial charge in [0.15, 0.2) is 16.6 Å². The number of thiophene rings is 1. The Hall–Kier alpha value is -4.26. The molecule has 0 spiro atoms. The van der Waals surface area contributed by atoms with Crippen LogP contribution in [-0.2, 0) is 4.79 Å². The maximum atomic E-state index is 12.7. The predicted molar refractivity (Wildman–Crippen MR) is 132 cm³/mol. The van der Waals surface area contributed by atoms with Crippen molar-refractivity contribution in [3.8, 4) is 28.8 Å². The Morgan fingerprint density at radius 1 is 1.06 bits per heavy atom. The first-order chi connectivity index (χ1) is 16.6. The van der Waals surface area contributed by atoms with E-state index in [-0.39, 0.29) is 11.3 Å².